The van der Waals surface area contributed by atoms with Crippen LogP contribution in [0.15, 0.2) is 36.7 Å². The molecule has 2 N–H and O–H groups in total. The van der Waals surface area contributed by atoms with E-state index in [1.54, 1.807) is 28.4 Å². The number of likely N-dealkylation sites (N-methyl/N-ethyl adjacent to an activating group) is 1. The molecule has 1 heterocycles. The van der Waals surface area contributed by atoms with E-state index < -0.39 is 0 Å². The van der Waals surface area contributed by atoms with E-state index in [1.165, 1.54) is 0 Å². The van der Waals surface area contributed by atoms with E-state index >= 15 is 0 Å². The molecule has 1 unspecified atom stereocenters. The largest absolute Gasteiger partial charge is 0.493 e. The van der Waals surface area contributed by atoms with Crippen molar-refractivity contribution < 1.29 is 23.7 Å². The predicted molar refractivity (Wildman–Crippen MR) is 141 cm³/mol. The molecule has 1 atom stereocenters. The molecule has 8 heteroatoms. The van der Waals surface area contributed by atoms with Crippen molar-refractivity contribution in [2.75, 3.05) is 47.3 Å². The van der Waals surface area contributed by atoms with Crippen molar-refractivity contribution in [3.63, 3.8) is 0 Å². The van der Waals surface area contributed by atoms with Gasteiger partial charge in [0.05, 0.1) is 39.7 Å². The molecule has 0 fully saturated rings. The maximum atomic E-state index is 9.90. The van der Waals surface area contributed by atoms with Crippen LogP contribution < -0.4 is 29.6 Å². The number of methoxy groups -OCH3 is 3. The summed E-state index contributed by atoms with van der Waals surface area (Å²) >= 11 is 0. The second-order valence-corrected chi connectivity index (χ2v) is 7.67. The van der Waals surface area contributed by atoms with Gasteiger partial charge in [-0.2, -0.15) is 0 Å². The van der Waals surface area contributed by atoms with Crippen molar-refractivity contribution in [2.45, 2.75) is 32.7 Å². The molecule has 3 rings (SSSR count). The zero-order valence-electron chi connectivity index (χ0n) is 21.7. The molecule has 0 aliphatic heterocycles. The average Bonchev–Trinajstić information content (AvgIpc) is 2.89. The Morgan fingerprint density at radius 3 is 2.09 bits per heavy atom. The fourth-order valence-corrected chi connectivity index (χ4v) is 3.79. The fraction of sp³-hybridized carbons (Fsp3) is 0.407. The highest BCUT2D eigenvalue weighted by Gasteiger charge is 2.15. The number of pyridine rings is 1. The predicted octanol–water partition coefficient (Wildman–Crippen LogP) is 4.48. The maximum Gasteiger partial charge on any atom is 0.203 e. The molecule has 2 aromatic carbocycles. The van der Waals surface area contributed by atoms with Crippen LogP contribution in [0.1, 0.15) is 31.4 Å². The molecule has 0 spiro atoms. The van der Waals surface area contributed by atoms with Gasteiger partial charge in [-0.15, -0.1) is 0 Å². The minimum absolute atomic E-state index is 0.0556. The molecule has 1 aromatic heterocycles. The van der Waals surface area contributed by atoms with Gasteiger partial charge in [0.2, 0.25) is 5.75 Å². The number of ether oxygens (including phenoxy) is 4. The van der Waals surface area contributed by atoms with Crippen molar-refractivity contribution in [3.05, 3.63) is 47.8 Å². The highest BCUT2D eigenvalue weighted by atomic mass is 16.5. The third-order valence-corrected chi connectivity index (χ3v) is 5.63. The number of nitrogens with zero attached hydrogens (tertiary/aromatic N) is 1. The lowest BCUT2D eigenvalue weighted by Crippen LogP contribution is -2.25. The van der Waals surface area contributed by atoms with Crippen LogP contribution in [0.3, 0.4) is 0 Å². The molecule has 35 heavy (non-hydrogen) atoms. The molecular formula is C27H37N3O5. The number of rotatable bonds is 11. The van der Waals surface area contributed by atoms with Gasteiger partial charge in [-0.3, -0.25) is 4.98 Å². The van der Waals surface area contributed by atoms with E-state index in [1.807, 2.05) is 51.5 Å². The Hall–Kier alpha value is -3.52. The molecule has 0 aliphatic carbocycles. The summed E-state index contributed by atoms with van der Waals surface area (Å²) in [6.07, 6.45) is 6.23. The van der Waals surface area contributed by atoms with Gasteiger partial charge in [0.1, 0.15) is 12.0 Å². The molecule has 0 saturated heterocycles. The lowest BCUT2D eigenvalue weighted by Gasteiger charge is -2.16. The minimum atomic E-state index is 0.0556. The van der Waals surface area contributed by atoms with E-state index in [9.17, 15) is 4.79 Å². The third kappa shape index (κ3) is 6.76. The van der Waals surface area contributed by atoms with Crippen molar-refractivity contribution in [2.24, 2.45) is 0 Å². The van der Waals surface area contributed by atoms with Crippen LogP contribution in [0.2, 0.25) is 0 Å². The molecule has 3 aromatic rings. The van der Waals surface area contributed by atoms with Crippen molar-refractivity contribution in [1.29, 1.82) is 0 Å². The first-order valence-electron chi connectivity index (χ1n) is 11.6. The third-order valence-electron chi connectivity index (χ3n) is 5.63. The Morgan fingerprint density at radius 1 is 0.943 bits per heavy atom. The molecular weight excluding hydrogens is 446 g/mol. The normalized spacial score (nSPS) is 11.2. The Kier molecular flexibility index (Phi) is 11.1. The van der Waals surface area contributed by atoms with Crippen LogP contribution in [0.5, 0.6) is 23.0 Å². The average molecular weight is 484 g/mol. The summed E-state index contributed by atoms with van der Waals surface area (Å²) in [4.78, 5) is 14.4. The topological polar surface area (TPSA) is 90.9 Å². The lowest BCUT2D eigenvalue weighted by molar-refractivity contribution is -0.109. The number of benzene rings is 2. The van der Waals surface area contributed by atoms with Gasteiger partial charge in [0.25, 0.3) is 0 Å². The summed E-state index contributed by atoms with van der Waals surface area (Å²) in [7, 11) is 8.51. The lowest BCUT2D eigenvalue weighted by atomic mass is 9.99. The Bertz CT molecular complexity index is 1070. The van der Waals surface area contributed by atoms with Crippen LogP contribution in [-0.4, -0.2) is 59.3 Å². The fourth-order valence-electron chi connectivity index (χ4n) is 3.79. The molecule has 8 nitrogen and oxygen atoms in total. The van der Waals surface area contributed by atoms with Gasteiger partial charge in [-0.25, -0.2) is 0 Å². The summed E-state index contributed by atoms with van der Waals surface area (Å²) in [5.74, 6) is 2.69. The van der Waals surface area contributed by atoms with Gasteiger partial charge >= 0.3 is 0 Å². The van der Waals surface area contributed by atoms with Gasteiger partial charge < -0.3 is 34.4 Å². The van der Waals surface area contributed by atoms with Crippen molar-refractivity contribution >= 4 is 22.7 Å². The molecule has 0 saturated carbocycles. The molecule has 0 radical (unpaired) electrons. The quantitative estimate of drug-likeness (QED) is 0.386. The number of fused-ring (bicyclic) bond motifs is 1. The van der Waals surface area contributed by atoms with Crippen LogP contribution in [0.25, 0.3) is 10.8 Å². The number of hydrogen-bond donors (Lipinski definition) is 2. The first kappa shape index (κ1) is 27.7. The number of anilines is 1. The van der Waals surface area contributed by atoms with Crippen molar-refractivity contribution in [3.8, 4) is 23.0 Å². The maximum absolute atomic E-state index is 9.90. The first-order valence-corrected chi connectivity index (χ1v) is 11.6. The number of hydrogen-bond acceptors (Lipinski definition) is 8. The highest BCUT2D eigenvalue weighted by molar-refractivity contribution is 5.98. The molecule has 0 amide bonds. The van der Waals surface area contributed by atoms with Crippen LogP contribution in [0.4, 0.5) is 5.69 Å². The van der Waals surface area contributed by atoms with E-state index in [0.29, 0.717) is 30.3 Å². The minimum Gasteiger partial charge on any atom is -0.493 e. The number of nitrogens with one attached hydrogen (secondary N) is 2. The summed E-state index contributed by atoms with van der Waals surface area (Å²) in [5, 5.41) is 8.23. The number of aldehydes is 1. The van der Waals surface area contributed by atoms with E-state index in [-0.39, 0.29) is 6.04 Å². The Morgan fingerprint density at radius 2 is 1.63 bits per heavy atom. The van der Waals surface area contributed by atoms with Gasteiger partial charge in [-0.05, 0) is 61.5 Å². The number of carbonyl (C=O) groups is 1. The van der Waals surface area contributed by atoms with Gasteiger partial charge in [-0.1, -0.05) is 13.0 Å². The van der Waals surface area contributed by atoms with Crippen LogP contribution in [-0.2, 0) is 11.2 Å². The Labute approximate surface area is 207 Å². The standard InChI is InChI=1S/C22H26N2O4.C5H11NO/c1-6-28-18-8-7-16-15(12-24-13-17(16)21(18)23-2)9-14-10-19(25-3)22(27-5)20(11-14)26-4;1-3-5(4-7)6-2/h7-8,10-13,23H,6,9H2,1-5H3;4-6H,3H2,1-2H3. The highest BCUT2D eigenvalue weighted by Crippen LogP contribution is 2.40. The molecule has 0 bridgehead atoms. The zero-order valence-corrected chi connectivity index (χ0v) is 21.7. The first-order chi connectivity index (χ1) is 17.0. The van der Waals surface area contributed by atoms with Crippen LogP contribution >= 0.6 is 0 Å². The number of aromatic nitrogens is 1. The van der Waals surface area contributed by atoms with Crippen molar-refractivity contribution in [1.82, 2.24) is 10.3 Å². The second kappa shape index (κ2) is 14.0. The van der Waals surface area contributed by atoms with E-state index in [0.717, 1.165) is 46.0 Å². The Balaban J connectivity index is 0.000000540. The summed E-state index contributed by atoms with van der Waals surface area (Å²) < 4.78 is 22.1. The number of carbonyl (C=O) groups excluding carboxylic acids is 1. The molecule has 0 aliphatic rings. The summed E-state index contributed by atoms with van der Waals surface area (Å²) in [5.41, 5.74) is 3.09. The van der Waals surface area contributed by atoms with Crippen LogP contribution in [0, 0.1) is 0 Å². The summed E-state index contributed by atoms with van der Waals surface area (Å²) in [6.45, 7) is 4.55. The zero-order chi connectivity index (χ0) is 25.8. The van der Waals surface area contributed by atoms with E-state index in [2.05, 4.69) is 21.7 Å². The molecule has 190 valence electrons. The summed E-state index contributed by atoms with van der Waals surface area (Å²) in [6, 6.07) is 8.06. The smallest absolute Gasteiger partial charge is 0.203 e. The van der Waals surface area contributed by atoms with Gasteiger partial charge in [0, 0.05) is 24.8 Å². The van der Waals surface area contributed by atoms with E-state index in [4.69, 9.17) is 18.9 Å². The van der Waals surface area contributed by atoms with Gasteiger partial charge in [0.15, 0.2) is 11.5 Å². The SMILES string of the molecule is CCC(C=O)NC.CCOc1ccc2c(Cc3cc(OC)c(OC)c(OC)c3)cncc2c1NC. The monoisotopic (exact) mass is 483 g/mol. The second-order valence-electron chi connectivity index (χ2n) is 7.67.